The van der Waals surface area contributed by atoms with Crippen molar-refractivity contribution in [2.45, 2.75) is 77.0 Å². The highest BCUT2D eigenvalue weighted by atomic mass is 127. The van der Waals surface area contributed by atoms with Crippen LogP contribution in [0.5, 0.6) is 0 Å². The lowest BCUT2D eigenvalue weighted by atomic mass is 9.76. The number of carbonyl (C=O) groups is 1. The third-order valence-electron chi connectivity index (χ3n) is 9.84. The van der Waals surface area contributed by atoms with Gasteiger partial charge in [-0.15, -0.1) is 0 Å². The molecule has 0 radical (unpaired) electrons. The van der Waals surface area contributed by atoms with E-state index in [4.69, 9.17) is 27.9 Å². The molecule has 45 heavy (non-hydrogen) atoms. The first-order valence-corrected chi connectivity index (χ1v) is 17.3. The standard InChI is InChI=1S/C35H37Cl2IN4O3/c1-21(2)41-13-9-23(10-14-41)34(3,44)24-16-28-30(29(38)17-24)33(42(32(28)43)19-27-8-7-26(37)18-40-27)45-31(35(20-39)11-12-35)22-5-4-6-25(36)15-22/h4-8,15-18,21,23,31,33,44H,9-14,19H2,1-3H3. The zero-order valence-electron chi connectivity index (χ0n) is 25.6. The Morgan fingerprint density at radius 1 is 1.16 bits per heavy atom. The number of aromatic nitrogens is 1. The molecule has 3 aromatic rings. The molecule has 2 aromatic carbocycles. The molecular weight excluding hydrogens is 722 g/mol. The van der Waals surface area contributed by atoms with Crippen LogP contribution in [0, 0.1) is 26.2 Å². The van der Waals surface area contributed by atoms with E-state index in [1.807, 2.05) is 37.3 Å². The largest absolute Gasteiger partial charge is 0.385 e. The highest BCUT2D eigenvalue weighted by Gasteiger charge is 2.54. The summed E-state index contributed by atoms with van der Waals surface area (Å²) < 4.78 is 7.76. The van der Waals surface area contributed by atoms with Crippen LogP contribution in [0.25, 0.3) is 0 Å². The van der Waals surface area contributed by atoms with Crippen molar-refractivity contribution in [3.63, 3.8) is 0 Å². The SMILES string of the molecule is CC(C)N1CCC(C(C)(O)c2cc(I)c3c(c2)C(=O)N(Cc2ccc(Cl)cn2)C3OC(c2cccc(Cl)c2)C2(C#N)CC2)CC1. The van der Waals surface area contributed by atoms with E-state index in [1.165, 1.54) is 0 Å². The summed E-state index contributed by atoms with van der Waals surface area (Å²) in [5.74, 6) is -0.138. The van der Waals surface area contributed by atoms with Crippen LogP contribution >= 0.6 is 45.8 Å². The molecule has 1 aliphatic carbocycles. The maximum absolute atomic E-state index is 14.3. The number of likely N-dealkylation sites (tertiary alicyclic amines) is 1. The average molecular weight is 760 g/mol. The number of nitrogens with zero attached hydrogens (tertiary/aromatic N) is 4. The Kier molecular flexibility index (Phi) is 9.25. The molecule has 3 aliphatic rings. The van der Waals surface area contributed by atoms with Crippen molar-refractivity contribution in [1.29, 1.82) is 5.26 Å². The third kappa shape index (κ3) is 6.37. The first-order valence-electron chi connectivity index (χ1n) is 15.5. The van der Waals surface area contributed by atoms with Crippen molar-refractivity contribution in [2.75, 3.05) is 13.1 Å². The number of nitriles is 1. The van der Waals surface area contributed by atoms with Crippen LogP contribution in [0.15, 0.2) is 54.7 Å². The monoisotopic (exact) mass is 758 g/mol. The number of pyridine rings is 1. The van der Waals surface area contributed by atoms with Gasteiger partial charge in [0.1, 0.15) is 6.10 Å². The smallest absolute Gasteiger partial charge is 0.257 e. The van der Waals surface area contributed by atoms with Gasteiger partial charge in [-0.2, -0.15) is 5.26 Å². The fourth-order valence-corrected chi connectivity index (χ4v) is 8.04. The van der Waals surface area contributed by atoms with E-state index in [0.29, 0.717) is 40.2 Å². The number of rotatable bonds is 9. The molecule has 10 heteroatoms. The quantitative estimate of drug-likeness (QED) is 0.222. The van der Waals surface area contributed by atoms with E-state index in [0.717, 1.165) is 46.2 Å². The predicted octanol–water partition coefficient (Wildman–Crippen LogP) is 8.04. The van der Waals surface area contributed by atoms with E-state index in [9.17, 15) is 15.2 Å². The first-order chi connectivity index (χ1) is 21.4. The van der Waals surface area contributed by atoms with Gasteiger partial charge in [-0.05, 0) is 136 Å². The van der Waals surface area contributed by atoms with Crippen LogP contribution in [0.3, 0.4) is 0 Å². The highest BCUT2D eigenvalue weighted by Crippen LogP contribution is 2.58. The lowest BCUT2D eigenvalue weighted by Gasteiger charge is -2.41. The summed E-state index contributed by atoms with van der Waals surface area (Å²) in [4.78, 5) is 22.9. The van der Waals surface area contributed by atoms with Gasteiger partial charge in [-0.25, -0.2) is 0 Å². The summed E-state index contributed by atoms with van der Waals surface area (Å²) in [5.41, 5.74) is 1.62. The summed E-state index contributed by atoms with van der Waals surface area (Å²) in [6.45, 7) is 8.34. The number of ether oxygens (including phenoxy) is 1. The maximum atomic E-state index is 14.3. The third-order valence-corrected chi connectivity index (χ3v) is 11.2. The number of carbonyl (C=O) groups excluding carboxylic acids is 1. The van der Waals surface area contributed by atoms with Gasteiger partial charge >= 0.3 is 0 Å². The molecule has 7 nitrogen and oxygen atoms in total. The van der Waals surface area contributed by atoms with Crippen molar-refractivity contribution in [1.82, 2.24) is 14.8 Å². The number of amides is 1. The second kappa shape index (κ2) is 12.7. The molecule has 2 aliphatic heterocycles. The van der Waals surface area contributed by atoms with E-state index < -0.39 is 23.3 Å². The molecule has 1 saturated carbocycles. The molecule has 3 atom stereocenters. The van der Waals surface area contributed by atoms with Gasteiger partial charge in [0.15, 0.2) is 6.23 Å². The molecule has 1 aromatic heterocycles. The Morgan fingerprint density at radius 3 is 2.49 bits per heavy atom. The van der Waals surface area contributed by atoms with Crippen LogP contribution in [-0.4, -0.2) is 44.9 Å². The van der Waals surface area contributed by atoms with E-state index in [1.54, 1.807) is 29.3 Å². The first kappa shape index (κ1) is 32.7. The molecule has 3 unspecified atom stereocenters. The summed E-state index contributed by atoms with van der Waals surface area (Å²) in [7, 11) is 0. The van der Waals surface area contributed by atoms with E-state index in [2.05, 4.69) is 52.4 Å². The van der Waals surface area contributed by atoms with Gasteiger partial charge in [0.2, 0.25) is 0 Å². The number of fused-ring (bicyclic) bond motifs is 1. The second-order valence-corrected chi connectivity index (χ2v) is 15.1. The number of hydrogen-bond donors (Lipinski definition) is 1. The minimum atomic E-state index is -1.11. The number of benzene rings is 2. The van der Waals surface area contributed by atoms with Gasteiger partial charge in [-0.3, -0.25) is 9.78 Å². The number of halogens is 3. The Balaban J connectivity index is 1.39. The molecule has 236 valence electrons. The fourth-order valence-electron chi connectivity index (χ4n) is 6.83. The normalized spacial score (nSPS) is 21.8. The van der Waals surface area contributed by atoms with Crippen molar-refractivity contribution >= 4 is 51.7 Å². The van der Waals surface area contributed by atoms with Crippen LogP contribution in [0.1, 0.15) is 91.5 Å². The Labute approximate surface area is 288 Å². The van der Waals surface area contributed by atoms with Crippen molar-refractivity contribution in [3.05, 3.63) is 96.3 Å². The van der Waals surface area contributed by atoms with E-state index in [-0.39, 0.29) is 18.4 Å². The van der Waals surface area contributed by atoms with Crippen LogP contribution in [-0.2, 0) is 16.9 Å². The summed E-state index contributed by atoms with van der Waals surface area (Å²) in [5, 5.41) is 23.3. The van der Waals surface area contributed by atoms with Gasteiger partial charge in [0.05, 0.1) is 34.3 Å². The van der Waals surface area contributed by atoms with Crippen LogP contribution < -0.4 is 0 Å². The molecule has 6 rings (SSSR count). The summed E-state index contributed by atoms with van der Waals surface area (Å²) in [6.07, 6.45) is 3.33. The minimum absolute atomic E-state index is 0.0665. The van der Waals surface area contributed by atoms with Crippen LogP contribution in [0.2, 0.25) is 10.0 Å². The van der Waals surface area contributed by atoms with Crippen molar-refractivity contribution in [2.24, 2.45) is 11.3 Å². The molecule has 1 N–H and O–H groups in total. The minimum Gasteiger partial charge on any atom is -0.385 e. The summed E-state index contributed by atoms with van der Waals surface area (Å²) >= 11 is 14.8. The Bertz CT molecular complexity index is 1630. The van der Waals surface area contributed by atoms with Crippen LogP contribution in [0.4, 0.5) is 0 Å². The highest BCUT2D eigenvalue weighted by molar-refractivity contribution is 14.1. The van der Waals surface area contributed by atoms with Crippen molar-refractivity contribution in [3.8, 4) is 6.07 Å². The lowest BCUT2D eigenvalue weighted by Crippen LogP contribution is -2.44. The molecule has 1 amide bonds. The fraction of sp³-hybridized carbons (Fsp3) is 0.457. The van der Waals surface area contributed by atoms with Crippen molar-refractivity contribution < 1.29 is 14.6 Å². The topological polar surface area (TPSA) is 89.7 Å². The second-order valence-electron chi connectivity index (χ2n) is 13.1. The zero-order chi connectivity index (χ0) is 32.1. The predicted molar refractivity (Wildman–Crippen MR) is 183 cm³/mol. The van der Waals surface area contributed by atoms with Gasteiger partial charge < -0.3 is 19.6 Å². The molecule has 2 fully saturated rings. The lowest BCUT2D eigenvalue weighted by molar-refractivity contribution is -0.105. The van der Waals surface area contributed by atoms with Gasteiger partial charge in [-0.1, -0.05) is 35.3 Å². The average Bonchev–Trinajstić information content (AvgIpc) is 3.77. The van der Waals surface area contributed by atoms with Gasteiger partial charge in [0.25, 0.3) is 5.91 Å². The zero-order valence-corrected chi connectivity index (χ0v) is 29.3. The summed E-state index contributed by atoms with van der Waals surface area (Å²) in [6, 6.07) is 17.8. The molecule has 0 spiro atoms. The Hall–Kier alpha value is -2.26. The maximum Gasteiger partial charge on any atom is 0.257 e. The number of hydrogen-bond acceptors (Lipinski definition) is 6. The molecule has 1 saturated heterocycles. The molecule has 3 heterocycles. The molecular formula is C35H37Cl2IN4O3. The molecule has 0 bridgehead atoms. The number of piperidine rings is 1. The number of aliphatic hydroxyl groups is 1. The van der Waals surface area contributed by atoms with E-state index >= 15 is 0 Å². The Morgan fingerprint density at radius 2 is 1.89 bits per heavy atom. The van der Waals surface area contributed by atoms with Gasteiger partial charge in [0, 0.05) is 32.0 Å².